The zero-order chi connectivity index (χ0) is 49.3. The van der Waals surface area contributed by atoms with Gasteiger partial charge in [-0.05, 0) is 160 Å². The van der Waals surface area contributed by atoms with Crippen LogP contribution in [0.2, 0.25) is 0 Å². The summed E-state index contributed by atoms with van der Waals surface area (Å²) in [6.45, 7) is 4.77. The lowest BCUT2D eigenvalue weighted by Gasteiger charge is -2.23. The number of fused-ring (bicyclic) bond motifs is 6. The highest BCUT2D eigenvalue weighted by Gasteiger charge is 2.36. The van der Waals surface area contributed by atoms with Crippen molar-refractivity contribution in [3.8, 4) is 94.7 Å². The minimum Gasteiger partial charge on any atom is -0.316 e. The molecule has 2 aliphatic rings. The van der Waals surface area contributed by atoms with Gasteiger partial charge in [-0.2, -0.15) is 0 Å². The zero-order valence-electron chi connectivity index (χ0n) is 41.7. The van der Waals surface area contributed by atoms with Gasteiger partial charge in [-0.15, -0.1) is 0 Å². The van der Waals surface area contributed by atoms with Crippen LogP contribution in [0.3, 0.4) is 0 Å². The van der Waals surface area contributed by atoms with Crippen molar-refractivity contribution in [3.63, 3.8) is 0 Å². The van der Waals surface area contributed by atoms with Crippen LogP contribution < -0.4 is 0 Å². The highest BCUT2D eigenvalue weighted by molar-refractivity contribution is 6.01. The molecule has 0 fully saturated rings. The summed E-state index contributed by atoms with van der Waals surface area (Å²) in [4.78, 5) is 0. The van der Waals surface area contributed by atoms with Gasteiger partial charge in [0.25, 0.3) is 0 Å². The van der Waals surface area contributed by atoms with Crippen molar-refractivity contribution >= 4 is 27.8 Å². The Hall–Kier alpha value is -9.04. The molecule has 0 bridgehead atoms. The predicted molar refractivity (Wildman–Crippen MR) is 314 cm³/mol. The third kappa shape index (κ3) is 7.46. The van der Waals surface area contributed by atoms with E-state index in [1.165, 1.54) is 139 Å². The number of benzene rings is 11. The molecule has 1 heteroatoms. The summed E-state index contributed by atoms with van der Waals surface area (Å²) in [6, 6.07) is 90.2. The van der Waals surface area contributed by atoms with Gasteiger partial charge >= 0.3 is 0 Å². The Morgan fingerprint density at radius 2 is 0.851 bits per heavy atom. The maximum absolute atomic E-state index is 2.44. The highest BCUT2D eigenvalue weighted by atomic mass is 15.0. The molecule has 0 spiro atoms. The van der Waals surface area contributed by atoms with Gasteiger partial charge in [0.05, 0.1) is 5.52 Å². The topological polar surface area (TPSA) is 4.93 Å². The Bertz CT molecular complexity index is 4140. The number of nitrogens with zero attached hydrogens (tertiary/aromatic N) is 1. The fourth-order valence-electron chi connectivity index (χ4n) is 12.1. The summed E-state index contributed by atoms with van der Waals surface area (Å²) in [5.74, 6) is 0. The molecule has 74 heavy (non-hydrogen) atoms. The molecule has 12 aromatic rings. The van der Waals surface area contributed by atoms with Crippen molar-refractivity contribution in [1.29, 1.82) is 0 Å². The van der Waals surface area contributed by atoms with Gasteiger partial charge in [-0.25, -0.2) is 0 Å². The van der Waals surface area contributed by atoms with Crippen LogP contribution in [-0.2, 0) is 11.8 Å². The molecule has 0 saturated heterocycles. The van der Waals surface area contributed by atoms with Gasteiger partial charge in [0.15, 0.2) is 0 Å². The van der Waals surface area contributed by atoms with Crippen molar-refractivity contribution in [2.75, 3.05) is 0 Å². The third-order valence-corrected chi connectivity index (χ3v) is 16.2. The van der Waals surface area contributed by atoms with E-state index in [0.29, 0.717) is 0 Å². The molecule has 350 valence electrons. The second-order valence-corrected chi connectivity index (χ2v) is 20.8. The van der Waals surface area contributed by atoms with Crippen LogP contribution in [0, 0.1) is 0 Å². The first kappa shape index (κ1) is 43.7. The molecule has 0 saturated carbocycles. The monoisotopic (exact) mass is 943 g/mol. The molecule has 0 radical (unpaired) electrons. The van der Waals surface area contributed by atoms with E-state index < -0.39 is 0 Å². The van der Waals surface area contributed by atoms with E-state index in [4.69, 9.17) is 0 Å². The Morgan fingerprint density at radius 1 is 0.351 bits per heavy atom. The zero-order valence-corrected chi connectivity index (χ0v) is 41.7. The van der Waals surface area contributed by atoms with Crippen LogP contribution in [-0.4, -0.2) is 4.57 Å². The quantitative estimate of drug-likeness (QED) is 0.143. The van der Waals surface area contributed by atoms with Crippen molar-refractivity contribution in [2.24, 2.45) is 0 Å². The van der Waals surface area contributed by atoms with E-state index in [0.717, 1.165) is 12.8 Å². The minimum atomic E-state index is -0.166. The van der Waals surface area contributed by atoms with Crippen LogP contribution in [0.15, 0.2) is 255 Å². The number of rotatable bonds is 8. The van der Waals surface area contributed by atoms with E-state index in [1.54, 1.807) is 0 Å². The summed E-state index contributed by atoms with van der Waals surface area (Å²) in [6.07, 6.45) is 9.12. The number of hydrogen-bond acceptors (Lipinski definition) is 0. The molecule has 0 amide bonds. The van der Waals surface area contributed by atoms with Crippen molar-refractivity contribution in [1.82, 2.24) is 4.57 Å². The van der Waals surface area contributed by atoms with Crippen molar-refractivity contribution in [2.45, 2.75) is 32.1 Å². The van der Waals surface area contributed by atoms with E-state index >= 15 is 0 Å². The minimum absolute atomic E-state index is 0.166. The van der Waals surface area contributed by atoms with Gasteiger partial charge < -0.3 is 4.57 Å². The summed E-state index contributed by atoms with van der Waals surface area (Å²) < 4.78 is 2.41. The first-order chi connectivity index (χ1) is 36.4. The first-order valence-corrected chi connectivity index (χ1v) is 26.1. The normalized spacial score (nSPS) is 13.2. The van der Waals surface area contributed by atoms with Crippen molar-refractivity contribution < 1.29 is 0 Å². The Kier molecular flexibility index (Phi) is 10.4. The van der Waals surface area contributed by atoms with Gasteiger partial charge in [0.1, 0.15) is 0 Å². The molecule has 0 aliphatic heterocycles. The Balaban J connectivity index is 0.816. The maximum atomic E-state index is 2.44. The Labute approximate surface area is 434 Å². The fourth-order valence-corrected chi connectivity index (χ4v) is 12.1. The summed E-state index contributed by atoms with van der Waals surface area (Å²) in [5, 5.41) is 3.76. The van der Waals surface area contributed by atoms with Crippen LogP contribution in [0.4, 0.5) is 0 Å². The second kappa shape index (κ2) is 17.6. The Morgan fingerprint density at radius 3 is 1.55 bits per heavy atom. The molecule has 0 unspecified atom stereocenters. The average Bonchev–Trinajstić information content (AvgIpc) is 3.96. The lowest BCUT2D eigenvalue weighted by molar-refractivity contribution is 0.660. The van der Waals surface area contributed by atoms with Crippen LogP contribution in [0.1, 0.15) is 42.5 Å². The van der Waals surface area contributed by atoms with Gasteiger partial charge in [-0.3, -0.25) is 0 Å². The van der Waals surface area contributed by atoms with Crippen molar-refractivity contribution in [3.05, 3.63) is 277 Å². The van der Waals surface area contributed by atoms with E-state index in [1.807, 2.05) is 0 Å². The third-order valence-electron chi connectivity index (χ3n) is 16.2. The molecule has 14 rings (SSSR count). The van der Waals surface area contributed by atoms with E-state index in [9.17, 15) is 0 Å². The number of allylic oxidation sites excluding steroid dienone is 1. The lowest BCUT2D eigenvalue weighted by atomic mass is 9.81. The van der Waals surface area contributed by atoms with Gasteiger partial charge in [0, 0.05) is 28.2 Å². The summed E-state index contributed by atoms with van der Waals surface area (Å²) >= 11 is 0. The molecule has 0 N–H and O–H groups in total. The average molecular weight is 944 g/mol. The number of hydrogen-bond donors (Lipinski definition) is 0. The maximum Gasteiger partial charge on any atom is 0.0535 e. The van der Waals surface area contributed by atoms with E-state index in [-0.39, 0.29) is 5.41 Å². The highest BCUT2D eigenvalue weighted by Crippen LogP contribution is 2.51. The van der Waals surface area contributed by atoms with Crippen LogP contribution in [0.5, 0.6) is 0 Å². The molecule has 2 aliphatic carbocycles. The SMILES string of the molecule is CC1(C)c2cc(-c3ccccc3)ccc2-c2ccc(-n3cc(-c4ccc(-c5ccc(-c6cccc7ccccc67)cc5)cc4)c4cc(-c5ccc(-c6ccc(-c7cccc8c7CCC=C8)cc6)cc5)ccc43)cc21. The van der Waals surface area contributed by atoms with Crippen LogP contribution in [0.25, 0.3) is 122 Å². The first-order valence-electron chi connectivity index (χ1n) is 26.1. The fraction of sp³-hybridized carbons (Fsp3) is 0.0685. The van der Waals surface area contributed by atoms with E-state index in [2.05, 4.69) is 279 Å². The molecule has 1 heterocycles. The lowest BCUT2D eigenvalue weighted by Crippen LogP contribution is -2.15. The van der Waals surface area contributed by atoms with Crippen LogP contribution >= 0.6 is 0 Å². The molecule has 1 aromatic heterocycles. The molecule has 0 atom stereocenters. The number of aromatic nitrogens is 1. The standard InChI is InChI=1S/C73H53N/c1-73(2)70-45-60(48-12-4-3-5-13-48)38-41-66(70)67-42-40-61(46-71(67)73)74-47-69(58-36-30-52(31-37-58)51-28-34-57(35-29-51)65-21-11-17-55-15-7-9-19-63(55)65)68-44-59(39-43-72(68)74)53-24-22-49(23-25-53)50-26-32-56(33-27-50)64-20-10-16-54-14-6-8-18-62(54)64/h3-7,9-17,19-47H,8,18H2,1-2H3. The predicted octanol–water partition coefficient (Wildman–Crippen LogP) is 19.7. The summed E-state index contributed by atoms with van der Waals surface area (Å²) in [5.41, 5.74) is 27.6. The molecule has 1 nitrogen and oxygen atoms in total. The van der Waals surface area contributed by atoms with Gasteiger partial charge in [0.2, 0.25) is 0 Å². The molecular weight excluding hydrogens is 891 g/mol. The largest absolute Gasteiger partial charge is 0.316 e. The molecule has 11 aromatic carbocycles. The molecular formula is C73H53N. The smallest absolute Gasteiger partial charge is 0.0535 e. The van der Waals surface area contributed by atoms with Gasteiger partial charge in [-0.1, -0.05) is 238 Å². The second-order valence-electron chi connectivity index (χ2n) is 20.8. The summed E-state index contributed by atoms with van der Waals surface area (Å²) in [7, 11) is 0.